The van der Waals surface area contributed by atoms with Crippen LogP contribution in [0.3, 0.4) is 0 Å². The van der Waals surface area contributed by atoms with Gasteiger partial charge in [0.25, 0.3) is 5.91 Å². The third-order valence-electron chi connectivity index (χ3n) is 3.90. The molecule has 1 amide bonds. The highest BCUT2D eigenvalue weighted by Crippen LogP contribution is 2.39. The first-order valence-corrected chi connectivity index (χ1v) is 6.38. The van der Waals surface area contributed by atoms with Gasteiger partial charge >= 0.3 is 0 Å². The van der Waals surface area contributed by atoms with Crippen molar-refractivity contribution in [2.75, 3.05) is 5.32 Å². The van der Waals surface area contributed by atoms with Crippen molar-refractivity contribution in [1.82, 2.24) is 0 Å². The molecule has 3 rings (SSSR count). The fraction of sp³-hybridized carbons (Fsp3) is 0.400. The third-order valence-corrected chi connectivity index (χ3v) is 3.90. The number of benzene rings is 1. The highest BCUT2D eigenvalue weighted by molar-refractivity contribution is 6.32. The van der Waals surface area contributed by atoms with Crippen LogP contribution < -0.4 is 5.32 Å². The predicted octanol–water partition coefficient (Wildman–Crippen LogP) is 3.60. The summed E-state index contributed by atoms with van der Waals surface area (Å²) in [5, 5.41) is 2.96. The molecule has 1 aromatic carbocycles. The zero-order valence-electron chi connectivity index (χ0n) is 10.1. The minimum Gasteiger partial charge on any atom is -0.321 e. The Morgan fingerprint density at radius 1 is 1.18 bits per heavy atom. The summed E-state index contributed by atoms with van der Waals surface area (Å²) >= 11 is 0. The number of amides is 1. The summed E-state index contributed by atoms with van der Waals surface area (Å²) < 4.78 is 0. The summed E-state index contributed by atoms with van der Waals surface area (Å²) in [6, 6.07) is 8.00. The smallest absolute Gasteiger partial charge is 0.256 e. The van der Waals surface area contributed by atoms with Gasteiger partial charge in [-0.05, 0) is 37.7 Å². The van der Waals surface area contributed by atoms with Crippen LogP contribution in [0.25, 0.3) is 5.57 Å². The van der Waals surface area contributed by atoms with Crippen molar-refractivity contribution in [3.63, 3.8) is 0 Å². The Morgan fingerprint density at radius 3 is 2.65 bits per heavy atom. The van der Waals surface area contributed by atoms with E-state index >= 15 is 0 Å². The number of nitrogens with one attached hydrogen (secondary N) is 1. The van der Waals surface area contributed by atoms with Gasteiger partial charge in [-0.1, -0.05) is 30.7 Å². The van der Waals surface area contributed by atoms with Crippen LogP contribution >= 0.6 is 0 Å². The Kier molecular flexibility index (Phi) is 2.50. The van der Waals surface area contributed by atoms with Gasteiger partial charge in [-0.2, -0.15) is 0 Å². The Morgan fingerprint density at radius 2 is 1.88 bits per heavy atom. The lowest BCUT2D eigenvalue weighted by atomic mass is 9.83. The summed E-state index contributed by atoms with van der Waals surface area (Å²) in [5.41, 5.74) is 4.37. The van der Waals surface area contributed by atoms with Crippen LogP contribution in [0.2, 0.25) is 0 Å². The van der Waals surface area contributed by atoms with Crippen molar-refractivity contribution < 1.29 is 4.79 Å². The van der Waals surface area contributed by atoms with Gasteiger partial charge in [-0.3, -0.25) is 4.79 Å². The van der Waals surface area contributed by atoms with Gasteiger partial charge in [0.2, 0.25) is 0 Å². The van der Waals surface area contributed by atoms with Crippen molar-refractivity contribution in [3.8, 4) is 0 Å². The first kappa shape index (κ1) is 10.6. The van der Waals surface area contributed by atoms with E-state index in [9.17, 15) is 4.79 Å². The molecule has 0 spiro atoms. The number of para-hydroxylation sites is 1. The molecule has 2 heteroatoms. The molecule has 1 aromatic rings. The monoisotopic (exact) mass is 227 g/mol. The molecule has 1 fully saturated rings. The van der Waals surface area contributed by atoms with E-state index in [0.717, 1.165) is 35.6 Å². The van der Waals surface area contributed by atoms with Crippen molar-refractivity contribution in [2.45, 2.75) is 32.6 Å². The van der Waals surface area contributed by atoms with E-state index in [1.54, 1.807) is 0 Å². The standard InChI is InChI=1S/C15H17NO/c1-10-6-8-11(9-7-10)14-12-4-2-3-5-13(12)16-15(14)17/h2-5,10H,6-9H2,1H3,(H,16,17). The highest BCUT2D eigenvalue weighted by atomic mass is 16.2. The van der Waals surface area contributed by atoms with Crippen LogP contribution in [0.1, 0.15) is 38.2 Å². The maximum atomic E-state index is 12.0. The fourth-order valence-electron chi connectivity index (χ4n) is 2.83. The summed E-state index contributed by atoms with van der Waals surface area (Å²) in [5.74, 6) is 0.898. The summed E-state index contributed by atoms with van der Waals surface area (Å²) in [7, 11) is 0. The summed E-state index contributed by atoms with van der Waals surface area (Å²) in [6.07, 6.45) is 4.60. The van der Waals surface area contributed by atoms with E-state index in [1.165, 1.54) is 18.4 Å². The molecule has 2 nitrogen and oxygen atoms in total. The third kappa shape index (κ3) is 1.78. The maximum absolute atomic E-state index is 12.0. The molecule has 17 heavy (non-hydrogen) atoms. The topological polar surface area (TPSA) is 29.1 Å². The van der Waals surface area contributed by atoms with Crippen LogP contribution in [0.5, 0.6) is 0 Å². The number of rotatable bonds is 0. The Hall–Kier alpha value is -1.57. The van der Waals surface area contributed by atoms with Crippen LogP contribution in [-0.2, 0) is 4.79 Å². The second-order valence-electron chi connectivity index (χ2n) is 5.16. The first-order valence-electron chi connectivity index (χ1n) is 6.38. The molecule has 0 unspecified atom stereocenters. The molecule has 2 aliphatic rings. The SMILES string of the molecule is CC1CCC(=C2C(=O)Nc3ccccc32)CC1. The second-order valence-corrected chi connectivity index (χ2v) is 5.16. The van der Waals surface area contributed by atoms with Gasteiger partial charge in [-0.15, -0.1) is 0 Å². The van der Waals surface area contributed by atoms with Gasteiger partial charge < -0.3 is 5.32 Å². The number of hydrogen-bond donors (Lipinski definition) is 1. The molecule has 1 heterocycles. The van der Waals surface area contributed by atoms with E-state index in [-0.39, 0.29) is 5.91 Å². The van der Waals surface area contributed by atoms with Crippen molar-refractivity contribution in [2.24, 2.45) is 5.92 Å². The van der Waals surface area contributed by atoms with Crippen molar-refractivity contribution in [1.29, 1.82) is 0 Å². The molecule has 0 atom stereocenters. The average molecular weight is 227 g/mol. The van der Waals surface area contributed by atoms with E-state index in [0.29, 0.717) is 0 Å². The highest BCUT2D eigenvalue weighted by Gasteiger charge is 2.28. The molecule has 0 bridgehead atoms. The normalized spacial score (nSPS) is 23.6. The molecule has 1 aliphatic carbocycles. The number of carbonyl (C=O) groups is 1. The number of carbonyl (C=O) groups excluding carboxylic acids is 1. The number of fused-ring (bicyclic) bond motifs is 1. The van der Waals surface area contributed by atoms with E-state index in [4.69, 9.17) is 0 Å². The Labute approximate surface area is 102 Å². The number of hydrogen-bond acceptors (Lipinski definition) is 1. The Balaban J connectivity index is 2.03. The van der Waals surface area contributed by atoms with Gasteiger partial charge in [0.15, 0.2) is 0 Å². The minimum absolute atomic E-state index is 0.0933. The van der Waals surface area contributed by atoms with Gasteiger partial charge in [0.05, 0.1) is 0 Å². The van der Waals surface area contributed by atoms with Gasteiger partial charge in [-0.25, -0.2) is 0 Å². The lowest BCUT2D eigenvalue weighted by Crippen LogP contribution is -2.10. The van der Waals surface area contributed by atoms with Crippen molar-refractivity contribution >= 4 is 17.2 Å². The molecule has 0 aromatic heterocycles. The van der Waals surface area contributed by atoms with E-state index in [1.807, 2.05) is 24.3 Å². The quantitative estimate of drug-likeness (QED) is 0.674. The minimum atomic E-state index is 0.0933. The molecule has 0 radical (unpaired) electrons. The van der Waals surface area contributed by atoms with Gasteiger partial charge in [0, 0.05) is 16.8 Å². The molecule has 88 valence electrons. The van der Waals surface area contributed by atoms with Crippen molar-refractivity contribution in [3.05, 3.63) is 35.4 Å². The second kappa shape index (κ2) is 4.02. The number of allylic oxidation sites excluding steroid dienone is 1. The zero-order chi connectivity index (χ0) is 11.8. The zero-order valence-corrected chi connectivity index (χ0v) is 10.1. The lowest BCUT2D eigenvalue weighted by Gasteiger charge is -2.21. The molecule has 1 saturated carbocycles. The number of anilines is 1. The molecule has 0 saturated heterocycles. The first-order chi connectivity index (χ1) is 8.25. The lowest BCUT2D eigenvalue weighted by molar-refractivity contribution is -0.110. The van der Waals surface area contributed by atoms with Gasteiger partial charge in [0.1, 0.15) is 0 Å². The largest absolute Gasteiger partial charge is 0.321 e. The van der Waals surface area contributed by atoms with Crippen LogP contribution in [0, 0.1) is 5.92 Å². The van der Waals surface area contributed by atoms with Crippen LogP contribution in [0.4, 0.5) is 5.69 Å². The molecular formula is C15H17NO. The summed E-state index contributed by atoms with van der Waals surface area (Å²) in [4.78, 5) is 12.0. The molecule has 1 aliphatic heterocycles. The van der Waals surface area contributed by atoms with Crippen LogP contribution in [0.15, 0.2) is 29.8 Å². The van der Waals surface area contributed by atoms with E-state index in [2.05, 4.69) is 12.2 Å². The summed E-state index contributed by atoms with van der Waals surface area (Å²) in [6.45, 7) is 2.30. The molecule has 1 N–H and O–H groups in total. The van der Waals surface area contributed by atoms with E-state index < -0.39 is 0 Å². The fourth-order valence-corrected chi connectivity index (χ4v) is 2.83. The predicted molar refractivity (Wildman–Crippen MR) is 69.6 cm³/mol. The molecular weight excluding hydrogens is 210 g/mol. The average Bonchev–Trinajstić information content (AvgIpc) is 2.66. The maximum Gasteiger partial charge on any atom is 0.256 e. The Bertz CT molecular complexity index is 491. The van der Waals surface area contributed by atoms with Crippen LogP contribution in [-0.4, -0.2) is 5.91 Å².